The first kappa shape index (κ1) is 17.9. The Morgan fingerprint density at radius 1 is 1.09 bits per heavy atom. The van der Waals surface area contributed by atoms with E-state index < -0.39 is 0 Å². The fourth-order valence-corrected chi connectivity index (χ4v) is 2.62. The van der Waals surface area contributed by atoms with Crippen LogP contribution in [0.2, 0.25) is 10.0 Å². The van der Waals surface area contributed by atoms with Crippen molar-refractivity contribution < 1.29 is 9.47 Å². The molecule has 23 heavy (non-hydrogen) atoms. The molecule has 1 N–H and O–H groups in total. The van der Waals surface area contributed by atoms with Crippen LogP contribution in [0, 0.1) is 0 Å². The molecule has 0 aliphatic carbocycles. The molecule has 0 bridgehead atoms. The van der Waals surface area contributed by atoms with E-state index in [1.165, 1.54) is 0 Å². The second-order valence-electron chi connectivity index (χ2n) is 5.56. The number of hydrogen-bond donors (Lipinski definition) is 1. The van der Waals surface area contributed by atoms with Crippen molar-refractivity contribution >= 4 is 23.2 Å². The highest BCUT2D eigenvalue weighted by atomic mass is 35.5. The van der Waals surface area contributed by atoms with Gasteiger partial charge >= 0.3 is 0 Å². The van der Waals surface area contributed by atoms with E-state index in [2.05, 4.69) is 19.2 Å². The molecule has 3 nitrogen and oxygen atoms in total. The molecular weight excluding hydrogens is 333 g/mol. The molecule has 0 aliphatic heterocycles. The van der Waals surface area contributed by atoms with Crippen LogP contribution in [0.4, 0.5) is 0 Å². The summed E-state index contributed by atoms with van der Waals surface area (Å²) in [6, 6.07) is 11.8. The second-order valence-corrected chi connectivity index (χ2v) is 6.41. The van der Waals surface area contributed by atoms with Crippen LogP contribution < -0.4 is 14.8 Å². The summed E-state index contributed by atoms with van der Waals surface area (Å²) in [5.74, 6) is 1.17. The van der Waals surface area contributed by atoms with Gasteiger partial charge in [-0.25, -0.2) is 0 Å². The molecular formula is C18H21Cl2NO2. The molecule has 0 aromatic heterocycles. The summed E-state index contributed by atoms with van der Waals surface area (Å²) in [6.45, 7) is 5.30. The molecule has 0 aliphatic rings. The van der Waals surface area contributed by atoms with Gasteiger partial charge in [-0.05, 0) is 35.4 Å². The van der Waals surface area contributed by atoms with E-state index in [4.69, 9.17) is 32.7 Å². The van der Waals surface area contributed by atoms with Gasteiger partial charge in [-0.15, -0.1) is 0 Å². The maximum absolute atomic E-state index is 6.37. The van der Waals surface area contributed by atoms with Gasteiger partial charge in [0.25, 0.3) is 0 Å². The molecule has 2 rings (SSSR count). The highest BCUT2D eigenvalue weighted by molar-refractivity contribution is 6.32. The molecule has 0 amide bonds. The largest absolute Gasteiger partial charge is 0.493 e. The third-order valence-corrected chi connectivity index (χ3v) is 3.79. The number of halogens is 2. The van der Waals surface area contributed by atoms with Crippen LogP contribution in [0.1, 0.15) is 25.0 Å². The number of nitrogens with one attached hydrogen (secondary N) is 1. The van der Waals surface area contributed by atoms with E-state index in [0.29, 0.717) is 34.2 Å². The van der Waals surface area contributed by atoms with Crippen LogP contribution in [0.15, 0.2) is 36.4 Å². The van der Waals surface area contributed by atoms with E-state index in [1.54, 1.807) is 7.11 Å². The lowest BCUT2D eigenvalue weighted by Gasteiger charge is -2.15. The van der Waals surface area contributed by atoms with Gasteiger partial charge in [-0.2, -0.15) is 0 Å². The van der Waals surface area contributed by atoms with Crippen LogP contribution in [0.5, 0.6) is 11.5 Å². The van der Waals surface area contributed by atoms with E-state index in [9.17, 15) is 0 Å². The van der Waals surface area contributed by atoms with E-state index in [-0.39, 0.29) is 0 Å². The first-order valence-electron chi connectivity index (χ1n) is 7.46. The summed E-state index contributed by atoms with van der Waals surface area (Å²) >= 11 is 12.4. The van der Waals surface area contributed by atoms with Gasteiger partial charge in [0.05, 0.1) is 12.1 Å². The van der Waals surface area contributed by atoms with Crippen molar-refractivity contribution in [1.29, 1.82) is 0 Å². The lowest BCUT2D eigenvalue weighted by molar-refractivity contribution is 0.284. The highest BCUT2D eigenvalue weighted by Gasteiger charge is 2.12. The summed E-state index contributed by atoms with van der Waals surface area (Å²) < 4.78 is 11.3. The predicted octanol–water partition coefficient (Wildman–Crippen LogP) is 5.08. The molecule has 0 spiro atoms. The quantitative estimate of drug-likeness (QED) is 0.752. The van der Waals surface area contributed by atoms with Crippen molar-refractivity contribution in [3.8, 4) is 11.5 Å². The third-order valence-electron chi connectivity index (χ3n) is 3.28. The van der Waals surface area contributed by atoms with Gasteiger partial charge in [0.15, 0.2) is 11.5 Å². The average Bonchev–Trinajstić information content (AvgIpc) is 2.51. The van der Waals surface area contributed by atoms with Gasteiger partial charge in [0.1, 0.15) is 6.61 Å². The zero-order chi connectivity index (χ0) is 16.8. The Bertz CT molecular complexity index is 659. The first-order chi connectivity index (χ1) is 11.0. The molecule has 0 saturated heterocycles. The molecule has 0 heterocycles. The Hall–Kier alpha value is -1.42. The molecule has 2 aromatic rings. The van der Waals surface area contributed by atoms with E-state index in [0.717, 1.165) is 17.7 Å². The van der Waals surface area contributed by atoms with Gasteiger partial charge in [-0.1, -0.05) is 49.2 Å². The monoisotopic (exact) mass is 353 g/mol. The van der Waals surface area contributed by atoms with Crippen molar-refractivity contribution in [1.82, 2.24) is 5.32 Å². The van der Waals surface area contributed by atoms with Gasteiger partial charge in [-0.3, -0.25) is 0 Å². The summed E-state index contributed by atoms with van der Waals surface area (Å²) in [6.07, 6.45) is 0. The highest BCUT2D eigenvalue weighted by Crippen LogP contribution is 2.37. The molecule has 124 valence electrons. The Kier molecular flexibility index (Phi) is 6.58. The summed E-state index contributed by atoms with van der Waals surface area (Å²) in [5.41, 5.74) is 2.02. The SMILES string of the molecule is COc1cc(CNC(C)C)cc(Cl)c1OCc1cccc(Cl)c1. The predicted molar refractivity (Wildman–Crippen MR) is 95.8 cm³/mol. The molecule has 0 saturated carbocycles. The molecule has 2 aromatic carbocycles. The third kappa shape index (κ3) is 5.31. The second kappa shape index (κ2) is 8.44. The zero-order valence-electron chi connectivity index (χ0n) is 13.5. The molecule has 5 heteroatoms. The van der Waals surface area contributed by atoms with Crippen molar-refractivity contribution in [3.63, 3.8) is 0 Å². The summed E-state index contributed by atoms with van der Waals surface area (Å²) in [7, 11) is 1.61. The maximum atomic E-state index is 6.37. The lowest BCUT2D eigenvalue weighted by Crippen LogP contribution is -2.21. The van der Waals surface area contributed by atoms with Gasteiger partial charge in [0.2, 0.25) is 0 Å². The molecule has 0 unspecified atom stereocenters. The minimum Gasteiger partial charge on any atom is -0.493 e. The summed E-state index contributed by atoms with van der Waals surface area (Å²) in [4.78, 5) is 0. The number of benzene rings is 2. The minimum absolute atomic E-state index is 0.375. The molecule has 0 atom stereocenters. The van der Waals surface area contributed by atoms with Crippen LogP contribution >= 0.6 is 23.2 Å². The first-order valence-corrected chi connectivity index (χ1v) is 8.22. The van der Waals surface area contributed by atoms with Gasteiger partial charge < -0.3 is 14.8 Å². The normalized spacial score (nSPS) is 10.9. The number of ether oxygens (including phenoxy) is 2. The zero-order valence-corrected chi connectivity index (χ0v) is 15.0. The van der Waals surface area contributed by atoms with Crippen LogP contribution in [-0.2, 0) is 13.2 Å². The minimum atomic E-state index is 0.375. The standard InChI is InChI=1S/C18H21Cl2NO2/c1-12(2)21-10-14-8-16(20)18(17(9-14)22-3)23-11-13-5-4-6-15(19)7-13/h4-9,12,21H,10-11H2,1-3H3. The number of hydrogen-bond acceptors (Lipinski definition) is 3. The van der Waals surface area contributed by atoms with Crippen LogP contribution in [-0.4, -0.2) is 13.2 Å². The maximum Gasteiger partial charge on any atom is 0.180 e. The Morgan fingerprint density at radius 3 is 2.52 bits per heavy atom. The molecule has 0 fully saturated rings. The van der Waals surface area contributed by atoms with Crippen LogP contribution in [0.25, 0.3) is 0 Å². The average molecular weight is 354 g/mol. The fourth-order valence-electron chi connectivity index (χ4n) is 2.12. The smallest absolute Gasteiger partial charge is 0.180 e. The molecule has 0 radical (unpaired) electrons. The van der Waals surface area contributed by atoms with Crippen molar-refractivity contribution in [3.05, 3.63) is 57.6 Å². The Morgan fingerprint density at radius 2 is 1.87 bits per heavy atom. The fraction of sp³-hybridized carbons (Fsp3) is 0.333. The number of rotatable bonds is 7. The van der Waals surface area contributed by atoms with Crippen molar-refractivity contribution in [2.45, 2.75) is 33.0 Å². The van der Waals surface area contributed by atoms with Gasteiger partial charge in [0, 0.05) is 17.6 Å². The number of methoxy groups -OCH3 is 1. The lowest BCUT2D eigenvalue weighted by atomic mass is 10.2. The van der Waals surface area contributed by atoms with Crippen molar-refractivity contribution in [2.24, 2.45) is 0 Å². The van der Waals surface area contributed by atoms with E-state index in [1.807, 2.05) is 36.4 Å². The van der Waals surface area contributed by atoms with Crippen molar-refractivity contribution in [2.75, 3.05) is 7.11 Å². The van der Waals surface area contributed by atoms with Crippen LogP contribution in [0.3, 0.4) is 0 Å². The van der Waals surface area contributed by atoms with E-state index >= 15 is 0 Å². The Labute approximate surface area is 147 Å². The summed E-state index contributed by atoms with van der Waals surface area (Å²) in [5, 5.41) is 4.57. The topological polar surface area (TPSA) is 30.5 Å². The Balaban J connectivity index is 2.14.